The first-order chi connectivity index (χ1) is 16.1. The minimum atomic E-state index is -0.328. The van der Waals surface area contributed by atoms with Gasteiger partial charge in [-0.1, -0.05) is 66.7 Å². The summed E-state index contributed by atoms with van der Waals surface area (Å²) < 4.78 is 11.1. The van der Waals surface area contributed by atoms with Crippen molar-refractivity contribution in [1.82, 2.24) is 0 Å². The van der Waals surface area contributed by atoms with Gasteiger partial charge in [-0.3, -0.25) is 9.59 Å². The van der Waals surface area contributed by atoms with Gasteiger partial charge in [-0.15, -0.1) is 0 Å². The number of ketones is 1. The largest absolute Gasteiger partial charge is 0.497 e. The van der Waals surface area contributed by atoms with E-state index in [0.717, 1.165) is 16.3 Å². The zero-order valence-electron chi connectivity index (χ0n) is 18.0. The van der Waals surface area contributed by atoms with Gasteiger partial charge >= 0.3 is 0 Å². The number of ether oxygens (including phenoxy) is 1. The third-order valence-corrected chi connectivity index (χ3v) is 5.63. The zero-order valence-corrected chi connectivity index (χ0v) is 18.0. The first kappa shape index (κ1) is 20.5. The molecule has 0 saturated heterocycles. The van der Waals surface area contributed by atoms with Gasteiger partial charge in [0.05, 0.1) is 19.2 Å². The molecule has 1 heterocycles. The van der Waals surface area contributed by atoms with E-state index in [1.807, 2.05) is 60.7 Å². The van der Waals surface area contributed by atoms with Crippen LogP contribution in [0.4, 0.5) is 5.69 Å². The fourth-order valence-corrected chi connectivity index (χ4v) is 4.03. The number of furan rings is 1. The van der Waals surface area contributed by atoms with Gasteiger partial charge in [0, 0.05) is 10.9 Å². The van der Waals surface area contributed by atoms with Crippen LogP contribution < -0.4 is 10.1 Å². The Hall–Kier alpha value is -4.38. The molecule has 0 aliphatic rings. The maximum atomic E-state index is 13.3. The Morgan fingerprint density at radius 1 is 0.848 bits per heavy atom. The minimum Gasteiger partial charge on any atom is -0.497 e. The fourth-order valence-electron chi connectivity index (χ4n) is 4.03. The number of amides is 1. The van der Waals surface area contributed by atoms with E-state index in [2.05, 4.69) is 5.32 Å². The molecule has 0 spiro atoms. The molecule has 33 heavy (non-hydrogen) atoms. The second-order valence-corrected chi connectivity index (χ2v) is 7.73. The SMILES string of the molecule is COc1cccc(C(=O)c2oc3ccccc3c2NC(=O)Cc2cccc3ccccc23)c1. The fraction of sp³-hybridized carbons (Fsp3) is 0.0714. The molecule has 5 rings (SSSR count). The van der Waals surface area contributed by atoms with Gasteiger partial charge in [0.2, 0.25) is 11.7 Å². The molecule has 1 aromatic heterocycles. The van der Waals surface area contributed by atoms with Crippen LogP contribution in [0, 0.1) is 0 Å². The lowest BCUT2D eigenvalue weighted by Gasteiger charge is -2.09. The molecular formula is C28H21NO4. The maximum Gasteiger partial charge on any atom is 0.230 e. The highest BCUT2D eigenvalue weighted by Crippen LogP contribution is 2.33. The predicted octanol–water partition coefficient (Wildman–Crippen LogP) is 6.01. The maximum absolute atomic E-state index is 13.3. The summed E-state index contributed by atoms with van der Waals surface area (Å²) in [6.07, 6.45) is 0.174. The van der Waals surface area contributed by atoms with Crippen LogP contribution in [0.15, 0.2) is 95.4 Å². The van der Waals surface area contributed by atoms with Crippen LogP contribution >= 0.6 is 0 Å². The summed E-state index contributed by atoms with van der Waals surface area (Å²) in [5, 5.41) is 5.72. The van der Waals surface area contributed by atoms with E-state index >= 15 is 0 Å². The molecule has 5 heteroatoms. The first-order valence-corrected chi connectivity index (χ1v) is 10.6. The average Bonchev–Trinajstić information content (AvgIpc) is 3.22. The highest BCUT2D eigenvalue weighted by atomic mass is 16.5. The van der Waals surface area contributed by atoms with Gasteiger partial charge in [0.25, 0.3) is 0 Å². The van der Waals surface area contributed by atoms with Crippen molar-refractivity contribution in [2.75, 3.05) is 12.4 Å². The third kappa shape index (κ3) is 3.96. The van der Waals surface area contributed by atoms with Crippen LogP contribution in [0.2, 0.25) is 0 Å². The van der Waals surface area contributed by atoms with E-state index in [1.54, 1.807) is 37.4 Å². The summed E-state index contributed by atoms with van der Waals surface area (Å²) in [4.78, 5) is 26.4. The number of carbonyl (C=O) groups excluding carboxylic acids is 2. The molecule has 0 fully saturated rings. The Balaban J connectivity index is 1.51. The Bertz CT molecular complexity index is 1490. The van der Waals surface area contributed by atoms with Crippen molar-refractivity contribution < 1.29 is 18.7 Å². The number of hydrogen-bond acceptors (Lipinski definition) is 4. The van der Waals surface area contributed by atoms with Crippen molar-refractivity contribution in [2.45, 2.75) is 6.42 Å². The third-order valence-electron chi connectivity index (χ3n) is 5.63. The second-order valence-electron chi connectivity index (χ2n) is 7.73. The van der Waals surface area contributed by atoms with Crippen molar-refractivity contribution in [3.8, 4) is 5.75 Å². The van der Waals surface area contributed by atoms with Crippen LogP contribution in [-0.2, 0) is 11.2 Å². The molecule has 0 aliphatic heterocycles. The number of rotatable bonds is 6. The molecule has 0 bridgehead atoms. The van der Waals surface area contributed by atoms with E-state index in [-0.39, 0.29) is 23.9 Å². The molecule has 0 atom stereocenters. The smallest absolute Gasteiger partial charge is 0.230 e. The molecule has 5 nitrogen and oxygen atoms in total. The molecule has 0 saturated carbocycles. The first-order valence-electron chi connectivity index (χ1n) is 10.6. The quantitative estimate of drug-likeness (QED) is 0.332. The van der Waals surface area contributed by atoms with Gasteiger partial charge in [-0.2, -0.15) is 0 Å². The van der Waals surface area contributed by atoms with Crippen LogP contribution in [0.5, 0.6) is 5.75 Å². The highest BCUT2D eigenvalue weighted by Gasteiger charge is 2.24. The summed E-state index contributed by atoms with van der Waals surface area (Å²) >= 11 is 0. The van der Waals surface area contributed by atoms with E-state index < -0.39 is 0 Å². The lowest BCUT2D eigenvalue weighted by molar-refractivity contribution is -0.115. The monoisotopic (exact) mass is 435 g/mol. The predicted molar refractivity (Wildman–Crippen MR) is 129 cm³/mol. The Kier molecular flexibility index (Phi) is 5.37. The molecule has 5 aromatic rings. The topological polar surface area (TPSA) is 68.5 Å². The van der Waals surface area contributed by atoms with Crippen molar-refractivity contribution in [3.05, 3.63) is 108 Å². The lowest BCUT2D eigenvalue weighted by Crippen LogP contribution is -2.16. The number of para-hydroxylation sites is 1. The summed E-state index contributed by atoms with van der Waals surface area (Å²) in [7, 11) is 1.55. The Morgan fingerprint density at radius 2 is 1.58 bits per heavy atom. The van der Waals surface area contributed by atoms with E-state index in [0.29, 0.717) is 28.0 Å². The number of fused-ring (bicyclic) bond motifs is 2. The zero-order chi connectivity index (χ0) is 22.8. The molecular weight excluding hydrogens is 414 g/mol. The van der Waals surface area contributed by atoms with Gasteiger partial charge in [0.15, 0.2) is 5.76 Å². The Labute approximate surface area is 190 Å². The molecule has 162 valence electrons. The number of hydrogen-bond donors (Lipinski definition) is 1. The minimum absolute atomic E-state index is 0.0933. The normalized spacial score (nSPS) is 10.9. The van der Waals surface area contributed by atoms with Crippen molar-refractivity contribution in [2.24, 2.45) is 0 Å². The number of methoxy groups -OCH3 is 1. The van der Waals surface area contributed by atoms with Crippen molar-refractivity contribution >= 4 is 39.1 Å². The Morgan fingerprint density at radius 3 is 2.42 bits per heavy atom. The summed E-state index contributed by atoms with van der Waals surface area (Å²) in [5.41, 5.74) is 2.24. The lowest BCUT2D eigenvalue weighted by atomic mass is 10.0. The molecule has 4 aromatic carbocycles. The van der Waals surface area contributed by atoms with Gasteiger partial charge in [0.1, 0.15) is 11.3 Å². The second kappa shape index (κ2) is 8.63. The van der Waals surface area contributed by atoms with Crippen LogP contribution in [0.1, 0.15) is 21.7 Å². The summed E-state index contributed by atoms with van der Waals surface area (Å²) in [5.74, 6) is 0.109. The molecule has 0 radical (unpaired) electrons. The van der Waals surface area contributed by atoms with E-state index in [4.69, 9.17) is 9.15 Å². The summed E-state index contributed by atoms with van der Waals surface area (Å²) in [6, 6.07) is 28.0. The number of carbonyl (C=O) groups is 2. The molecule has 1 N–H and O–H groups in total. The van der Waals surface area contributed by atoms with E-state index in [9.17, 15) is 9.59 Å². The average molecular weight is 435 g/mol. The van der Waals surface area contributed by atoms with Gasteiger partial charge in [-0.25, -0.2) is 0 Å². The van der Waals surface area contributed by atoms with Crippen LogP contribution in [-0.4, -0.2) is 18.8 Å². The van der Waals surface area contributed by atoms with E-state index in [1.165, 1.54) is 0 Å². The van der Waals surface area contributed by atoms with Gasteiger partial charge in [-0.05, 0) is 40.6 Å². The molecule has 0 unspecified atom stereocenters. The van der Waals surface area contributed by atoms with Crippen LogP contribution in [0.25, 0.3) is 21.7 Å². The summed E-state index contributed by atoms with van der Waals surface area (Å²) in [6.45, 7) is 0. The van der Waals surface area contributed by atoms with Crippen LogP contribution in [0.3, 0.4) is 0 Å². The standard InChI is InChI=1S/C28H21NO4/c1-32-21-12-7-11-20(16-21)27(31)28-26(23-14-4-5-15-24(23)33-28)29-25(30)17-19-10-6-9-18-8-2-3-13-22(18)19/h2-16H,17H2,1H3,(H,29,30). The van der Waals surface area contributed by atoms with Crippen molar-refractivity contribution in [3.63, 3.8) is 0 Å². The molecule has 1 amide bonds. The number of nitrogens with one attached hydrogen (secondary N) is 1. The number of benzene rings is 4. The van der Waals surface area contributed by atoms with Crippen molar-refractivity contribution in [1.29, 1.82) is 0 Å². The number of anilines is 1. The highest BCUT2D eigenvalue weighted by molar-refractivity contribution is 6.17. The van der Waals surface area contributed by atoms with Gasteiger partial charge < -0.3 is 14.5 Å². The molecule has 0 aliphatic carbocycles.